The summed E-state index contributed by atoms with van der Waals surface area (Å²) >= 11 is 0. The van der Waals surface area contributed by atoms with Gasteiger partial charge in [0.25, 0.3) is 0 Å². The number of rotatable bonds is 1. The second-order valence-corrected chi connectivity index (χ2v) is 4.22. The van der Waals surface area contributed by atoms with Gasteiger partial charge in [0.15, 0.2) is 0 Å². The van der Waals surface area contributed by atoms with Gasteiger partial charge in [-0.2, -0.15) is 0 Å². The number of imidazole rings is 1. The minimum atomic E-state index is -0.277. The maximum atomic E-state index is 14.0. The van der Waals surface area contributed by atoms with Crippen molar-refractivity contribution >= 4 is 11.0 Å². The molecule has 0 aliphatic rings. The molecular weight excluding hydrogens is 231 g/mol. The smallest absolute Gasteiger partial charge is 0.141 e. The molecule has 90 valence electrons. The first-order valence-corrected chi connectivity index (χ1v) is 5.59. The third-order valence-corrected chi connectivity index (χ3v) is 2.91. The number of benzene rings is 2. The van der Waals surface area contributed by atoms with E-state index >= 15 is 0 Å². The van der Waals surface area contributed by atoms with E-state index in [0.717, 1.165) is 0 Å². The van der Waals surface area contributed by atoms with Gasteiger partial charge >= 0.3 is 0 Å². The standard InChI is InChI=1S/C14H11FN2O/c1-8-3-2-4-10(13(8)15)14-16-11-6-5-9(18)7-12(11)17-14/h2-7,18H,1H3,(H,16,17). The van der Waals surface area contributed by atoms with Gasteiger partial charge in [-0.05, 0) is 30.7 Å². The number of H-pyrrole nitrogens is 1. The lowest BCUT2D eigenvalue weighted by molar-refractivity contribution is 0.476. The molecule has 0 saturated carbocycles. The first-order valence-electron chi connectivity index (χ1n) is 5.59. The summed E-state index contributed by atoms with van der Waals surface area (Å²) in [4.78, 5) is 7.33. The number of aromatic nitrogens is 2. The van der Waals surface area contributed by atoms with Crippen LogP contribution in [0.1, 0.15) is 5.56 Å². The average molecular weight is 242 g/mol. The molecule has 18 heavy (non-hydrogen) atoms. The molecule has 0 aliphatic heterocycles. The Labute approximate surface area is 103 Å². The van der Waals surface area contributed by atoms with Crippen LogP contribution in [0, 0.1) is 12.7 Å². The molecule has 2 N–H and O–H groups in total. The predicted octanol–water partition coefficient (Wildman–Crippen LogP) is 3.38. The summed E-state index contributed by atoms with van der Waals surface area (Å²) in [6.07, 6.45) is 0. The number of aromatic amines is 1. The van der Waals surface area contributed by atoms with Gasteiger partial charge in [0.2, 0.25) is 0 Å². The first-order chi connectivity index (χ1) is 8.65. The van der Waals surface area contributed by atoms with Gasteiger partial charge in [0.05, 0.1) is 16.6 Å². The lowest BCUT2D eigenvalue weighted by atomic mass is 10.1. The van der Waals surface area contributed by atoms with E-state index in [2.05, 4.69) is 9.97 Å². The van der Waals surface area contributed by atoms with E-state index in [9.17, 15) is 9.50 Å². The summed E-state index contributed by atoms with van der Waals surface area (Å²) in [6, 6.07) is 10.0. The minimum Gasteiger partial charge on any atom is -0.508 e. The van der Waals surface area contributed by atoms with Gasteiger partial charge in [0, 0.05) is 6.07 Å². The fraction of sp³-hybridized carbons (Fsp3) is 0.0714. The van der Waals surface area contributed by atoms with Crippen molar-refractivity contribution in [2.75, 3.05) is 0 Å². The molecule has 0 atom stereocenters. The Hall–Kier alpha value is -2.36. The van der Waals surface area contributed by atoms with Gasteiger partial charge in [0.1, 0.15) is 17.4 Å². The molecule has 0 bridgehead atoms. The zero-order chi connectivity index (χ0) is 12.7. The second kappa shape index (κ2) is 3.84. The Bertz CT molecular complexity index is 734. The average Bonchev–Trinajstić information content (AvgIpc) is 2.75. The van der Waals surface area contributed by atoms with Crippen molar-refractivity contribution in [1.82, 2.24) is 9.97 Å². The monoisotopic (exact) mass is 242 g/mol. The molecule has 3 aromatic rings. The Balaban J connectivity index is 2.22. The zero-order valence-electron chi connectivity index (χ0n) is 9.74. The number of phenolic OH excluding ortho intramolecular Hbond substituents is 1. The molecule has 0 radical (unpaired) electrons. The molecule has 1 heterocycles. The van der Waals surface area contributed by atoms with E-state index in [4.69, 9.17) is 0 Å². The Morgan fingerprint density at radius 2 is 2.06 bits per heavy atom. The van der Waals surface area contributed by atoms with E-state index in [0.29, 0.717) is 28.0 Å². The van der Waals surface area contributed by atoms with Crippen LogP contribution >= 0.6 is 0 Å². The van der Waals surface area contributed by atoms with Gasteiger partial charge in [-0.25, -0.2) is 9.37 Å². The summed E-state index contributed by atoms with van der Waals surface area (Å²) in [7, 11) is 0. The van der Waals surface area contributed by atoms with Gasteiger partial charge < -0.3 is 10.1 Å². The van der Waals surface area contributed by atoms with Crippen molar-refractivity contribution in [3.05, 3.63) is 47.8 Å². The second-order valence-electron chi connectivity index (χ2n) is 4.22. The third kappa shape index (κ3) is 1.62. The van der Waals surface area contributed by atoms with Crippen molar-refractivity contribution < 1.29 is 9.50 Å². The Morgan fingerprint density at radius 1 is 1.22 bits per heavy atom. The summed E-state index contributed by atoms with van der Waals surface area (Å²) < 4.78 is 14.0. The molecule has 0 unspecified atom stereocenters. The van der Waals surface area contributed by atoms with Gasteiger partial charge in [-0.1, -0.05) is 12.1 Å². The predicted molar refractivity (Wildman–Crippen MR) is 67.9 cm³/mol. The fourth-order valence-electron chi connectivity index (χ4n) is 1.96. The molecule has 3 nitrogen and oxygen atoms in total. The molecule has 4 heteroatoms. The summed E-state index contributed by atoms with van der Waals surface area (Å²) in [5.74, 6) is 0.347. The van der Waals surface area contributed by atoms with Crippen molar-refractivity contribution in [3.63, 3.8) is 0 Å². The van der Waals surface area contributed by atoms with E-state index in [1.54, 1.807) is 43.3 Å². The Morgan fingerprint density at radius 3 is 2.89 bits per heavy atom. The number of phenols is 1. The van der Waals surface area contributed by atoms with Crippen LogP contribution in [0.4, 0.5) is 4.39 Å². The number of fused-ring (bicyclic) bond motifs is 1. The van der Waals surface area contributed by atoms with E-state index in [1.807, 2.05) is 0 Å². The summed E-state index contributed by atoms with van der Waals surface area (Å²) in [5, 5.41) is 9.39. The van der Waals surface area contributed by atoms with Crippen LogP contribution < -0.4 is 0 Å². The first kappa shape index (κ1) is 10.8. The molecule has 1 aromatic heterocycles. The van der Waals surface area contributed by atoms with Crippen molar-refractivity contribution in [3.8, 4) is 17.1 Å². The lowest BCUT2D eigenvalue weighted by Crippen LogP contribution is -1.89. The van der Waals surface area contributed by atoms with Gasteiger partial charge in [-0.15, -0.1) is 0 Å². The molecule has 2 aromatic carbocycles. The van der Waals surface area contributed by atoms with Crippen LogP contribution in [0.3, 0.4) is 0 Å². The highest BCUT2D eigenvalue weighted by molar-refractivity contribution is 5.80. The zero-order valence-corrected chi connectivity index (χ0v) is 9.74. The van der Waals surface area contributed by atoms with Crippen LogP contribution in [0.2, 0.25) is 0 Å². The third-order valence-electron chi connectivity index (χ3n) is 2.91. The summed E-state index contributed by atoms with van der Waals surface area (Å²) in [6.45, 7) is 1.72. The van der Waals surface area contributed by atoms with Crippen molar-refractivity contribution in [1.29, 1.82) is 0 Å². The van der Waals surface area contributed by atoms with Crippen molar-refractivity contribution in [2.24, 2.45) is 0 Å². The quantitative estimate of drug-likeness (QED) is 0.687. The SMILES string of the molecule is Cc1cccc(-c2nc3ccc(O)cc3[nH]2)c1F. The lowest BCUT2D eigenvalue weighted by Gasteiger charge is -2.01. The number of hydrogen-bond donors (Lipinski definition) is 2. The molecule has 0 aliphatic carbocycles. The minimum absolute atomic E-state index is 0.155. The summed E-state index contributed by atoms with van der Waals surface area (Å²) in [5.41, 5.74) is 2.40. The topological polar surface area (TPSA) is 48.9 Å². The van der Waals surface area contributed by atoms with Crippen LogP contribution in [0.15, 0.2) is 36.4 Å². The number of aryl methyl sites for hydroxylation is 1. The maximum absolute atomic E-state index is 14.0. The number of nitrogens with zero attached hydrogens (tertiary/aromatic N) is 1. The van der Waals surface area contributed by atoms with Crippen LogP contribution in [-0.2, 0) is 0 Å². The van der Waals surface area contributed by atoms with Crippen molar-refractivity contribution in [2.45, 2.75) is 6.92 Å². The maximum Gasteiger partial charge on any atom is 0.141 e. The van der Waals surface area contributed by atoms with E-state index in [1.165, 1.54) is 0 Å². The van der Waals surface area contributed by atoms with Gasteiger partial charge in [-0.3, -0.25) is 0 Å². The van der Waals surface area contributed by atoms with Crippen LogP contribution in [-0.4, -0.2) is 15.1 Å². The molecule has 0 saturated heterocycles. The fourth-order valence-corrected chi connectivity index (χ4v) is 1.96. The highest BCUT2D eigenvalue weighted by atomic mass is 19.1. The number of halogens is 1. The molecule has 3 rings (SSSR count). The molecule has 0 spiro atoms. The molecule has 0 fully saturated rings. The Kier molecular flexibility index (Phi) is 2.30. The highest BCUT2D eigenvalue weighted by Crippen LogP contribution is 2.26. The van der Waals surface area contributed by atoms with Crippen LogP contribution in [0.25, 0.3) is 22.4 Å². The number of aromatic hydroxyl groups is 1. The number of hydrogen-bond acceptors (Lipinski definition) is 2. The molecule has 0 amide bonds. The number of nitrogens with one attached hydrogen (secondary N) is 1. The van der Waals surface area contributed by atoms with E-state index < -0.39 is 0 Å². The van der Waals surface area contributed by atoms with Crippen LogP contribution in [0.5, 0.6) is 5.75 Å². The molecular formula is C14H11FN2O. The largest absolute Gasteiger partial charge is 0.508 e. The highest BCUT2D eigenvalue weighted by Gasteiger charge is 2.11. The normalized spacial score (nSPS) is 11.0. The van der Waals surface area contributed by atoms with E-state index in [-0.39, 0.29) is 11.6 Å².